The molecule has 2 heterocycles. The molecule has 0 radical (unpaired) electrons. The number of aryl methyl sites for hydroxylation is 1. The number of hydrogen-bond acceptors (Lipinski definition) is 3. The summed E-state index contributed by atoms with van der Waals surface area (Å²) < 4.78 is 0. The number of nitrogens with one attached hydrogen (secondary N) is 1. The van der Waals surface area contributed by atoms with Crippen molar-refractivity contribution < 1.29 is 4.79 Å². The van der Waals surface area contributed by atoms with E-state index in [1.165, 1.54) is 0 Å². The van der Waals surface area contributed by atoms with Gasteiger partial charge >= 0.3 is 0 Å². The Labute approximate surface area is 111 Å². The van der Waals surface area contributed by atoms with Crippen LogP contribution in [-0.2, 0) is 0 Å². The maximum atomic E-state index is 12.4. The van der Waals surface area contributed by atoms with Gasteiger partial charge in [-0.2, -0.15) is 11.8 Å². The molecule has 0 spiro atoms. The van der Waals surface area contributed by atoms with Crippen molar-refractivity contribution in [3.8, 4) is 0 Å². The highest BCUT2D eigenvalue weighted by Crippen LogP contribution is 2.25. The highest BCUT2D eigenvalue weighted by molar-refractivity contribution is 8.00. The highest BCUT2D eigenvalue weighted by atomic mass is 32.2. The van der Waals surface area contributed by atoms with Gasteiger partial charge in [-0.3, -0.25) is 9.59 Å². The third-order valence-electron chi connectivity index (χ3n) is 3.09. The number of hydrogen-bond donors (Lipinski definition) is 1. The highest BCUT2D eigenvalue weighted by Gasteiger charge is 2.28. The molecular weight excluding hydrogens is 248 g/mol. The van der Waals surface area contributed by atoms with E-state index >= 15 is 0 Å². The monoisotopic (exact) mass is 266 g/mol. The average Bonchev–Trinajstić information content (AvgIpc) is 2.27. The van der Waals surface area contributed by atoms with Crippen LogP contribution in [0, 0.1) is 6.92 Å². The van der Waals surface area contributed by atoms with Gasteiger partial charge in [-0.15, -0.1) is 0 Å². The van der Waals surface area contributed by atoms with E-state index < -0.39 is 0 Å². The lowest BCUT2D eigenvalue weighted by atomic mass is 10.1. The first-order valence-electron chi connectivity index (χ1n) is 6.12. The van der Waals surface area contributed by atoms with Crippen molar-refractivity contribution in [2.45, 2.75) is 31.3 Å². The molecule has 1 amide bonds. The molecule has 18 heavy (non-hydrogen) atoms. The van der Waals surface area contributed by atoms with Gasteiger partial charge in [-0.25, -0.2) is 0 Å². The fraction of sp³-hybridized carbons (Fsp3) is 0.538. The van der Waals surface area contributed by atoms with Crippen LogP contribution in [-0.4, -0.2) is 39.4 Å². The van der Waals surface area contributed by atoms with Crippen molar-refractivity contribution in [3.05, 3.63) is 33.7 Å². The third-order valence-corrected chi connectivity index (χ3v) is 4.32. The number of rotatable bonds is 1. The van der Waals surface area contributed by atoms with Gasteiger partial charge < -0.3 is 9.88 Å². The summed E-state index contributed by atoms with van der Waals surface area (Å²) in [5.74, 6) is -0.145. The van der Waals surface area contributed by atoms with Crippen LogP contribution < -0.4 is 5.56 Å². The van der Waals surface area contributed by atoms with Crippen LogP contribution in [0.1, 0.15) is 29.8 Å². The minimum atomic E-state index is -0.293. The van der Waals surface area contributed by atoms with Crippen molar-refractivity contribution in [2.75, 3.05) is 13.1 Å². The molecule has 2 unspecified atom stereocenters. The van der Waals surface area contributed by atoms with Crippen molar-refractivity contribution >= 4 is 17.7 Å². The zero-order valence-electron chi connectivity index (χ0n) is 10.9. The molecule has 0 bridgehead atoms. The summed E-state index contributed by atoms with van der Waals surface area (Å²) >= 11 is 1.89. The molecule has 5 heteroatoms. The molecule has 2 atom stereocenters. The van der Waals surface area contributed by atoms with Gasteiger partial charge in [0.1, 0.15) is 5.56 Å². The lowest BCUT2D eigenvalue weighted by Gasteiger charge is -2.34. The quantitative estimate of drug-likeness (QED) is 0.841. The smallest absolute Gasteiger partial charge is 0.261 e. The lowest BCUT2D eigenvalue weighted by molar-refractivity contribution is 0.0750. The maximum absolute atomic E-state index is 12.4. The minimum absolute atomic E-state index is 0.145. The number of H-pyrrole nitrogens is 1. The second-order valence-corrected chi connectivity index (χ2v) is 6.71. The molecule has 4 nitrogen and oxygen atoms in total. The molecule has 0 saturated carbocycles. The predicted octanol–water partition coefficient (Wildman–Crippen LogP) is 1.65. The number of aromatic nitrogens is 1. The number of pyridine rings is 1. The zero-order valence-corrected chi connectivity index (χ0v) is 11.7. The topological polar surface area (TPSA) is 53.2 Å². The summed E-state index contributed by atoms with van der Waals surface area (Å²) in [7, 11) is 0. The first-order valence-corrected chi connectivity index (χ1v) is 7.06. The standard InChI is InChI=1S/C13H18N2O2S/c1-8-4-5-14-12(16)11(8)13(17)15-6-9(2)18-10(3)7-15/h4-5,9-10H,6-7H2,1-3H3,(H,14,16). The van der Waals surface area contributed by atoms with Crippen molar-refractivity contribution in [1.82, 2.24) is 9.88 Å². The molecule has 1 aliphatic heterocycles. The van der Waals surface area contributed by atoms with Gasteiger partial charge in [0.05, 0.1) is 0 Å². The summed E-state index contributed by atoms with van der Waals surface area (Å²) in [6.45, 7) is 7.45. The molecule has 0 aromatic carbocycles. The summed E-state index contributed by atoms with van der Waals surface area (Å²) in [5.41, 5.74) is 0.726. The molecule has 1 N–H and O–H groups in total. The fourth-order valence-corrected chi connectivity index (χ4v) is 3.67. The zero-order chi connectivity index (χ0) is 13.3. The Kier molecular flexibility index (Phi) is 3.80. The van der Waals surface area contributed by atoms with Gasteiger partial charge in [0.25, 0.3) is 11.5 Å². The first-order chi connectivity index (χ1) is 8.49. The number of amides is 1. The second-order valence-electron chi connectivity index (χ2n) is 4.83. The van der Waals surface area contributed by atoms with Gasteiger partial charge in [-0.05, 0) is 18.6 Å². The number of aromatic amines is 1. The third kappa shape index (κ3) is 2.61. The van der Waals surface area contributed by atoms with E-state index in [1.54, 1.807) is 24.1 Å². The number of nitrogens with zero attached hydrogens (tertiary/aromatic N) is 1. The minimum Gasteiger partial charge on any atom is -0.336 e. The largest absolute Gasteiger partial charge is 0.336 e. The molecule has 1 fully saturated rings. The normalized spacial score (nSPS) is 24.1. The number of carbonyl (C=O) groups excluding carboxylic acids is 1. The molecular formula is C13H18N2O2S. The Bertz CT molecular complexity index is 502. The molecule has 1 aromatic rings. The van der Waals surface area contributed by atoms with Gasteiger partial charge in [0, 0.05) is 29.8 Å². The van der Waals surface area contributed by atoms with E-state index in [-0.39, 0.29) is 17.0 Å². The molecule has 0 aliphatic carbocycles. The Morgan fingerprint density at radius 1 is 1.39 bits per heavy atom. The van der Waals surface area contributed by atoms with Crippen LogP contribution in [0.3, 0.4) is 0 Å². The van der Waals surface area contributed by atoms with E-state index in [2.05, 4.69) is 18.8 Å². The number of thioether (sulfide) groups is 1. The van der Waals surface area contributed by atoms with Crippen LogP contribution >= 0.6 is 11.8 Å². The number of carbonyl (C=O) groups is 1. The van der Waals surface area contributed by atoms with E-state index in [9.17, 15) is 9.59 Å². The van der Waals surface area contributed by atoms with Crippen LogP contribution in [0.15, 0.2) is 17.1 Å². The van der Waals surface area contributed by atoms with E-state index in [1.807, 2.05) is 11.8 Å². The van der Waals surface area contributed by atoms with Crippen LogP contribution in [0.5, 0.6) is 0 Å². The summed E-state index contributed by atoms with van der Waals surface area (Å²) in [4.78, 5) is 28.6. The summed E-state index contributed by atoms with van der Waals surface area (Å²) in [6, 6.07) is 1.76. The van der Waals surface area contributed by atoms with E-state index in [0.29, 0.717) is 23.6 Å². The Hall–Kier alpha value is -1.23. The SMILES string of the molecule is Cc1cc[nH]c(=O)c1C(=O)N1CC(C)SC(C)C1. The Morgan fingerprint density at radius 2 is 2.00 bits per heavy atom. The average molecular weight is 266 g/mol. The van der Waals surface area contributed by atoms with E-state index in [0.717, 1.165) is 5.56 Å². The van der Waals surface area contributed by atoms with Crippen LogP contribution in [0.2, 0.25) is 0 Å². The molecule has 2 rings (SSSR count). The van der Waals surface area contributed by atoms with Crippen LogP contribution in [0.4, 0.5) is 0 Å². The summed E-state index contributed by atoms with van der Waals surface area (Å²) in [5, 5.41) is 0.835. The van der Waals surface area contributed by atoms with Gasteiger partial charge in [0.15, 0.2) is 0 Å². The Morgan fingerprint density at radius 3 is 2.56 bits per heavy atom. The molecule has 1 aliphatic rings. The first kappa shape index (κ1) is 13.2. The van der Waals surface area contributed by atoms with Gasteiger partial charge in [0.2, 0.25) is 0 Å². The summed E-state index contributed by atoms with van der Waals surface area (Å²) in [6.07, 6.45) is 1.58. The molecule has 98 valence electrons. The van der Waals surface area contributed by atoms with Crippen LogP contribution in [0.25, 0.3) is 0 Å². The fourth-order valence-electron chi connectivity index (χ4n) is 2.34. The van der Waals surface area contributed by atoms with Crippen molar-refractivity contribution in [3.63, 3.8) is 0 Å². The lowest BCUT2D eigenvalue weighted by Crippen LogP contribution is -2.45. The van der Waals surface area contributed by atoms with Crippen molar-refractivity contribution in [1.29, 1.82) is 0 Å². The Balaban J connectivity index is 2.29. The molecule has 1 aromatic heterocycles. The molecule has 1 saturated heterocycles. The maximum Gasteiger partial charge on any atom is 0.261 e. The predicted molar refractivity (Wildman–Crippen MR) is 74.2 cm³/mol. The van der Waals surface area contributed by atoms with Gasteiger partial charge in [-0.1, -0.05) is 13.8 Å². The van der Waals surface area contributed by atoms with E-state index in [4.69, 9.17) is 0 Å². The second kappa shape index (κ2) is 5.18. The van der Waals surface area contributed by atoms with Crippen molar-refractivity contribution in [2.24, 2.45) is 0 Å².